The number of anilines is 1. The molecule has 0 saturated carbocycles. The van der Waals surface area contributed by atoms with E-state index in [9.17, 15) is 4.79 Å². The fraction of sp³-hybridized carbons (Fsp3) is 0.500. The fourth-order valence-corrected chi connectivity index (χ4v) is 1.67. The molecule has 1 unspecified atom stereocenters. The summed E-state index contributed by atoms with van der Waals surface area (Å²) < 4.78 is 0. The molecule has 0 saturated heterocycles. The Bertz CT molecular complexity index is 412. The summed E-state index contributed by atoms with van der Waals surface area (Å²) in [6.45, 7) is 2.85. The lowest BCUT2D eigenvalue weighted by Gasteiger charge is -2.10. The molecule has 1 aromatic rings. The number of nitrogens with one attached hydrogen (secondary N) is 1. The van der Waals surface area contributed by atoms with Crippen molar-refractivity contribution in [3.63, 3.8) is 0 Å². The Morgan fingerprint density at radius 2 is 2.33 bits per heavy atom. The second kappa shape index (κ2) is 7.18. The number of carboxylic acids is 1. The van der Waals surface area contributed by atoms with Crippen molar-refractivity contribution in [1.82, 2.24) is 4.98 Å². The van der Waals surface area contributed by atoms with Crippen LogP contribution in [0.4, 0.5) is 5.82 Å². The van der Waals surface area contributed by atoms with Crippen molar-refractivity contribution in [3.05, 3.63) is 22.8 Å². The van der Waals surface area contributed by atoms with Crippen LogP contribution in [-0.4, -0.2) is 34.3 Å². The highest BCUT2D eigenvalue weighted by Crippen LogP contribution is 2.20. The average Bonchev–Trinajstić information content (AvgIpc) is 2.35. The molecule has 0 aliphatic carbocycles. The first-order chi connectivity index (χ1) is 8.54. The van der Waals surface area contributed by atoms with Gasteiger partial charge in [0, 0.05) is 19.3 Å². The minimum Gasteiger partial charge on any atom is -0.478 e. The van der Waals surface area contributed by atoms with Crippen LogP contribution < -0.4 is 5.32 Å². The van der Waals surface area contributed by atoms with Crippen LogP contribution in [0.15, 0.2) is 12.3 Å². The molecule has 0 amide bonds. The molecule has 1 aromatic heterocycles. The van der Waals surface area contributed by atoms with Gasteiger partial charge in [0.05, 0.1) is 10.6 Å². The van der Waals surface area contributed by atoms with Gasteiger partial charge >= 0.3 is 5.97 Å². The van der Waals surface area contributed by atoms with Crippen LogP contribution in [0.25, 0.3) is 0 Å². The van der Waals surface area contributed by atoms with E-state index in [2.05, 4.69) is 10.3 Å². The maximum absolute atomic E-state index is 10.7. The van der Waals surface area contributed by atoms with Gasteiger partial charge in [-0.2, -0.15) is 0 Å². The molecule has 0 aromatic carbocycles. The number of hydrogen-bond acceptors (Lipinski definition) is 4. The van der Waals surface area contributed by atoms with E-state index in [0.717, 1.165) is 12.8 Å². The molecule has 100 valence electrons. The molecule has 0 aliphatic rings. The zero-order valence-corrected chi connectivity index (χ0v) is 10.9. The van der Waals surface area contributed by atoms with Crippen molar-refractivity contribution in [3.8, 4) is 0 Å². The second-order valence-corrected chi connectivity index (χ2v) is 4.62. The normalized spacial score (nSPS) is 12.2. The number of aromatic nitrogens is 1. The number of rotatable bonds is 7. The number of carbonyl (C=O) groups is 1. The molecule has 0 spiro atoms. The predicted molar refractivity (Wildman–Crippen MR) is 70.2 cm³/mol. The highest BCUT2D eigenvalue weighted by atomic mass is 35.5. The van der Waals surface area contributed by atoms with E-state index in [1.54, 1.807) is 0 Å². The zero-order valence-electron chi connectivity index (χ0n) is 10.2. The molecule has 0 radical (unpaired) electrons. The molecular formula is C12H17ClN2O3. The molecule has 1 heterocycles. The van der Waals surface area contributed by atoms with Crippen molar-refractivity contribution >= 4 is 23.4 Å². The molecule has 1 atom stereocenters. The summed E-state index contributed by atoms with van der Waals surface area (Å²) in [5.74, 6) is -0.282. The fourth-order valence-electron chi connectivity index (χ4n) is 1.43. The molecule has 0 bridgehead atoms. The highest BCUT2D eigenvalue weighted by Gasteiger charge is 2.08. The summed E-state index contributed by atoms with van der Waals surface area (Å²) in [4.78, 5) is 14.7. The Balaban J connectivity index is 2.46. The number of pyridine rings is 1. The number of aromatic carboxylic acids is 1. The van der Waals surface area contributed by atoms with Crippen LogP contribution in [0.3, 0.4) is 0 Å². The van der Waals surface area contributed by atoms with E-state index in [4.69, 9.17) is 21.8 Å². The first kappa shape index (κ1) is 14.7. The van der Waals surface area contributed by atoms with Gasteiger partial charge < -0.3 is 15.5 Å². The van der Waals surface area contributed by atoms with Crippen molar-refractivity contribution in [2.45, 2.75) is 19.8 Å². The van der Waals surface area contributed by atoms with Crippen molar-refractivity contribution < 1.29 is 15.0 Å². The topological polar surface area (TPSA) is 82.5 Å². The lowest BCUT2D eigenvalue weighted by Crippen LogP contribution is -2.08. The van der Waals surface area contributed by atoms with Gasteiger partial charge in [-0.25, -0.2) is 9.78 Å². The van der Waals surface area contributed by atoms with Crippen molar-refractivity contribution in [1.29, 1.82) is 0 Å². The zero-order chi connectivity index (χ0) is 13.5. The Kier molecular flexibility index (Phi) is 5.88. The first-order valence-corrected chi connectivity index (χ1v) is 6.16. The summed E-state index contributed by atoms with van der Waals surface area (Å²) in [5, 5.41) is 21.0. The van der Waals surface area contributed by atoms with Gasteiger partial charge in [0.1, 0.15) is 5.82 Å². The number of nitrogens with zero attached hydrogens (tertiary/aromatic N) is 1. The molecule has 0 fully saturated rings. The summed E-state index contributed by atoms with van der Waals surface area (Å²) >= 11 is 5.91. The number of halogens is 1. The van der Waals surface area contributed by atoms with Crippen LogP contribution in [-0.2, 0) is 0 Å². The molecule has 18 heavy (non-hydrogen) atoms. The van der Waals surface area contributed by atoms with E-state index in [0.29, 0.717) is 17.4 Å². The summed E-state index contributed by atoms with van der Waals surface area (Å²) in [5.41, 5.74) is 0.0689. The Labute approximate surface area is 111 Å². The van der Waals surface area contributed by atoms with Crippen LogP contribution >= 0.6 is 11.6 Å². The monoisotopic (exact) mass is 272 g/mol. The molecule has 1 rings (SSSR count). The van der Waals surface area contributed by atoms with Crippen LogP contribution in [0.1, 0.15) is 30.1 Å². The van der Waals surface area contributed by atoms with Crippen molar-refractivity contribution in [2.24, 2.45) is 5.92 Å². The third kappa shape index (κ3) is 4.50. The standard InChI is InChI=1S/C12H17ClN2O3/c1-8(7-16)3-2-4-14-11-10(13)5-9(6-15-11)12(17)18/h5-6,8,16H,2-4,7H2,1H3,(H,14,15)(H,17,18). The lowest BCUT2D eigenvalue weighted by molar-refractivity contribution is 0.0696. The van der Waals surface area contributed by atoms with Crippen LogP contribution in [0.2, 0.25) is 5.02 Å². The van der Waals surface area contributed by atoms with Gasteiger partial charge in [0.2, 0.25) is 0 Å². The predicted octanol–water partition coefficient (Wildman–Crippen LogP) is 2.25. The third-order valence-electron chi connectivity index (χ3n) is 2.57. The van der Waals surface area contributed by atoms with E-state index < -0.39 is 5.97 Å². The van der Waals surface area contributed by atoms with Gasteiger partial charge in [-0.1, -0.05) is 18.5 Å². The number of aliphatic hydroxyl groups is 1. The van der Waals surface area contributed by atoms with Gasteiger partial charge in [0.15, 0.2) is 0 Å². The van der Waals surface area contributed by atoms with Gasteiger partial charge in [0.25, 0.3) is 0 Å². The average molecular weight is 273 g/mol. The maximum Gasteiger partial charge on any atom is 0.337 e. The Morgan fingerprint density at radius 1 is 1.61 bits per heavy atom. The quantitative estimate of drug-likeness (QED) is 0.663. The number of aliphatic hydroxyl groups excluding tert-OH is 1. The number of hydrogen-bond donors (Lipinski definition) is 3. The lowest BCUT2D eigenvalue weighted by atomic mass is 10.1. The summed E-state index contributed by atoms with van der Waals surface area (Å²) in [6.07, 6.45) is 3.07. The largest absolute Gasteiger partial charge is 0.478 e. The Morgan fingerprint density at radius 3 is 2.89 bits per heavy atom. The van der Waals surface area contributed by atoms with Gasteiger partial charge in [-0.3, -0.25) is 0 Å². The van der Waals surface area contributed by atoms with Gasteiger partial charge in [-0.15, -0.1) is 0 Å². The minimum atomic E-state index is -1.05. The summed E-state index contributed by atoms with van der Waals surface area (Å²) in [6, 6.07) is 1.37. The second-order valence-electron chi connectivity index (χ2n) is 4.22. The van der Waals surface area contributed by atoms with Crippen molar-refractivity contribution in [2.75, 3.05) is 18.5 Å². The molecule has 3 N–H and O–H groups in total. The van der Waals surface area contributed by atoms with Crippen LogP contribution in [0, 0.1) is 5.92 Å². The SMILES string of the molecule is CC(CO)CCCNc1ncc(C(=O)O)cc1Cl. The molecular weight excluding hydrogens is 256 g/mol. The minimum absolute atomic E-state index is 0.0689. The Hall–Kier alpha value is -1.33. The van der Waals surface area contributed by atoms with E-state index in [-0.39, 0.29) is 18.1 Å². The molecule has 0 aliphatic heterocycles. The highest BCUT2D eigenvalue weighted by molar-refractivity contribution is 6.33. The van der Waals surface area contributed by atoms with Gasteiger partial charge in [-0.05, 0) is 24.8 Å². The van der Waals surface area contributed by atoms with E-state index >= 15 is 0 Å². The molecule has 5 nitrogen and oxygen atoms in total. The van der Waals surface area contributed by atoms with E-state index in [1.165, 1.54) is 12.3 Å². The van der Waals surface area contributed by atoms with E-state index in [1.807, 2.05) is 6.92 Å². The smallest absolute Gasteiger partial charge is 0.337 e. The number of carboxylic acid groups (broad SMARTS) is 1. The first-order valence-electron chi connectivity index (χ1n) is 5.78. The summed E-state index contributed by atoms with van der Waals surface area (Å²) in [7, 11) is 0. The van der Waals surface area contributed by atoms with Crippen LogP contribution in [0.5, 0.6) is 0 Å². The maximum atomic E-state index is 10.7. The molecule has 6 heteroatoms. The third-order valence-corrected chi connectivity index (χ3v) is 2.85.